The first kappa shape index (κ1) is 34.0. The van der Waals surface area contributed by atoms with Gasteiger partial charge in [-0.15, -0.1) is 11.3 Å². The number of aromatic hydroxyl groups is 4. The molecule has 0 aliphatic carbocycles. The van der Waals surface area contributed by atoms with Crippen LogP contribution in [0.15, 0.2) is 146 Å². The molecule has 0 aliphatic rings. The molecule has 7 aromatic carbocycles. The Hall–Kier alpha value is -7.49. The van der Waals surface area contributed by atoms with E-state index >= 15 is 0 Å². The fourth-order valence-electron chi connectivity index (χ4n) is 7.97. The van der Waals surface area contributed by atoms with Crippen LogP contribution in [0.25, 0.3) is 97.6 Å². The van der Waals surface area contributed by atoms with Crippen molar-refractivity contribution in [2.45, 2.75) is 6.92 Å². The number of thiophene rings is 1. The third-order valence-corrected chi connectivity index (χ3v) is 11.8. The summed E-state index contributed by atoms with van der Waals surface area (Å²) < 4.78 is 3.34. The van der Waals surface area contributed by atoms with E-state index in [1.807, 2.05) is 97.9 Å². The molecule has 3 aromatic heterocycles. The number of aromatic nitrogens is 4. The molecule has 0 atom stereocenters. The number of phenols is 4. The van der Waals surface area contributed by atoms with Gasteiger partial charge in [-0.1, -0.05) is 116 Å². The van der Waals surface area contributed by atoms with Gasteiger partial charge in [0.15, 0.2) is 29.0 Å². The number of nitrogens with zero attached hydrogens (tertiary/aromatic N) is 4. The number of benzene rings is 7. The average Bonchev–Trinajstić information content (AvgIpc) is 3.83. The number of rotatable bonds is 6. The first-order chi connectivity index (χ1) is 27.9. The van der Waals surface area contributed by atoms with E-state index in [-0.39, 0.29) is 10.1 Å². The molecular weight excluding hydrogens is 729 g/mol. The molecule has 57 heavy (non-hydrogen) atoms. The van der Waals surface area contributed by atoms with Crippen LogP contribution in [0.2, 0.25) is 0 Å². The Morgan fingerprint density at radius 3 is 1.88 bits per heavy atom. The van der Waals surface area contributed by atoms with E-state index in [4.69, 9.17) is 15.0 Å². The summed E-state index contributed by atoms with van der Waals surface area (Å²) in [5.41, 5.74) is 5.26. The van der Waals surface area contributed by atoms with Gasteiger partial charge in [0.05, 0.1) is 21.1 Å². The fourth-order valence-corrected chi connectivity index (χ4v) is 9.27. The van der Waals surface area contributed by atoms with Crippen molar-refractivity contribution in [3.05, 3.63) is 152 Å². The standard InChI is InChI=1S/C48H32N4O4S/c1-3-5-13-26(4-2)46-49-47(27-14-7-6-8-15-27)51-48(50-46)28-20-22-29(23-21-28)52-35-25-24-34-37-40(53)41(54)42(55)43(56)45(37)57-44(34)38(35)36-32-18-11-9-16-30(32)31-17-10-12-19-33(31)39(36)52/h3-25,53-56H,2H2,1H3/b5-3-,26-13+. The number of phenolic OH excluding ortho intramolecular Hbond substituents is 4. The van der Waals surface area contributed by atoms with Gasteiger partial charge in [-0.05, 0) is 53.4 Å². The van der Waals surface area contributed by atoms with Gasteiger partial charge in [0.1, 0.15) is 0 Å². The highest BCUT2D eigenvalue weighted by atomic mass is 32.1. The van der Waals surface area contributed by atoms with Crippen LogP contribution in [0.1, 0.15) is 12.7 Å². The Labute approximate surface area is 329 Å². The Morgan fingerprint density at radius 1 is 0.579 bits per heavy atom. The second-order valence-electron chi connectivity index (χ2n) is 13.8. The van der Waals surface area contributed by atoms with Crippen LogP contribution < -0.4 is 0 Å². The van der Waals surface area contributed by atoms with E-state index in [9.17, 15) is 20.4 Å². The van der Waals surface area contributed by atoms with Gasteiger partial charge < -0.3 is 25.0 Å². The van der Waals surface area contributed by atoms with Gasteiger partial charge in [-0.3, -0.25) is 0 Å². The third kappa shape index (κ3) is 5.10. The van der Waals surface area contributed by atoms with E-state index in [1.54, 1.807) is 6.08 Å². The van der Waals surface area contributed by atoms with Crippen molar-refractivity contribution in [2.75, 3.05) is 0 Å². The predicted octanol–water partition coefficient (Wildman–Crippen LogP) is 11.9. The molecule has 10 rings (SSSR count). The summed E-state index contributed by atoms with van der Waals surface area (Å²) in [6.45, 7) is 5.97. The Balaban J connectivity index is 1.27. The zero-order chi connectivity index (χ0) is 38.9. The maximum atomic E-state index is 11.1. The quantitative estimate of drug-likeness (QED) is 0.0575. The lowest BCUT2D eigenvalue weighted by Gasteiger charge is -2.13. The summed E-state index contributed by atoms with van der Waals surface area (Å²) in [4.78, 5) is 14.7. The molecule has 8 nitrogen and oxygen atoms in total. The summed E-state index contributed by atoms with van der Waals surface area (Å²) in [6, 6.07) is 38.6. The van der Waals surface area contributed by atoms with Crippen LogP contribution >= 0.6 is 11.3 Å². The molecule has 274 valence electrons. The van der Waals surface area contributed by atoms with Crippen molar-refractivity contribution >= 4 is 80.4 Å². The smallest absolute Gasteiger partial charge is 0.205 e. The van der Waals surface area contributed by atoms with Gasteiger partial charge in [-0.2, -0.15) is 0 Å². The zero-order valence-electron chi connectivity index (χ0n) is 30.5. The van der Waals surface area contributed by atoms with Crippen LogP contribution in [0.3, 0.4) is 0 Å². The van der Waals surface area contributed by atoms with E-state index in [0.717, 1.165) is 70.4 Å². The van der Waals surface area contributed by atoms with Gasteiger partial charge >= 0.3 is 0 Å². The number of allylic oxidation sites excluding steroid dienone is 5. The minimum absolute atomic E-state index is 0.284. The summed E-state index contributed by atoms with van der Waals surface area (Å²) in [5, 5.41) is 50.3. The molecular formula is C48H32N4O4S. The highest BCUT2D eigenvalue weighted by molar-refractivity contribution is 7.27. The van der Waals surface area contributed by atoms with Gasteiger partial charge in [-0.25, -0.2) is 15.0 Å². The lowest BCUT2D eigenvalue weighted by Crippen LogP contribution is -2.02. The second-order valence-corrected chi connectivity index (χ2v) is 14.8. The molecule has 10 aromatic rings. The number of fused-ring (bicyclic) bond motifs is 12. The van der Waals surface area contributed by atoms with Crippen LogP contribution in [0.5, 0.6) is 23.0 Å². The molecule has 9 heteroatoms. The van der Waals surface area contributed by atoms with Crippen LogP contribution in [-0.4, -0.2) is 39.9 Å². The average molecular weight is 761 g/mol. The van der Waals surface area contributed by atoms with E-state index in [0.29, 0.717) is 22.9 Å². The van der Waals surface area contributed by atoms with Crippen LogP contribution in [-0.2, 0) is 0 Å². The van der Waals surface area contributed by atoms with Crippen molar-refractivity contribution in [3.8, 4) is 51.5 Å². The summed E-state index contributed by atoms with van der Waals surface area (Å²) >= 11 is 1.27. The topological polar surface area (TPSA) is 125 Å². The highest BCUT2D eigenvalue weighted by Gasteiger charge is 2.26. The summed E-state index contributed by atoms with van der Waals surface area (Å²) in [5.74, 6) is -0.862. The maximum absolute atomic E-state index is 11.1. The van der Waals surface area contributed by atoms with E-state index in [1.165, 1.54) is 11.3 Å². The molecule has 0 aliphatic heterocycles. The minimum atomic E-state index is -0.755. The first-order valence-electron chi connectivity index (χ1n) is 18.3. The van der Waals surface area contributed by atoms with E-state index < -0.39 is 23.0 Å². The second kappa shape index (κ2) is 13.1. The predicted molar refractivity (Wildman–Crippen MR) is 233 cm³/mol. The van der Waals surface area contributed by atoms with Crippen molar-refractivity contribution in [1.29, 1.82) is 0 Å². The zero-order valence-corrected chi connectivity index (χ0v) is 31.3. The van der Waals surface area contributed by atoms with Gasteiger partial charge in [0.25, 0.3) is 0 Å². The minimum Gasteiger partial charge on any atom is -0.504 e. The largest absolute Gasteiger partial charge is 0.504 e. The van der Waals surface area contributed by atoms with Crippen molar-refractivity contribution in [3.63, 3.8) is 0 Å². The molecule has 0 bridgehead atoms. The molecule has 0 fully saturated rings. The number of hydrogen-bond acceptors (Lipinski definition) is 8. The van der Waals surface area contributed by atoms with Crippen LogP contribution in [0.4, 0.5) is 0 Å². The Morgan fingerprint density at radius 2 is 1.19 bits per heavy atom. The molecule has 0 radical (unpaired) electrons. The fraction of sp³-hybridized carbons (Fsp3) is 0.0208. The third-order valence-electron chi connectivity index (χ3n) is 10.6. The monoisotopic (exact) mass is 760 g/mol. The number of hydrogen-bond donors (Lipinski definition) is 4. The summed E-state index contributed by atoms with van der Waals surface area (Å²) in [6.07, 6.45) is 7.55. The lowest BCUT2D eigenvalue weighted by molar-refractivity contribution is 0.351. The normalized spacial score (nSPS) is 12.3. The first-order valence-corrected chi connectivity index (χ1v) is 19.2. The van der Waals surface area contributed by atoms with Gasteiger partial charge in [0, 0.05) is 48.6 Å². The van der Waals surface area contributed by atoms with E-state index in [2.05, 4.69) is 53.6 Å². The van der Waals surface area contributed by atoms with Crippen molar-refractivity contribution in [1.82, 2.24) is 19.5 Å². The SMILES string of the molecule is C=C/C(=C\C=C/C)c1nc(-c2ccccc2)nc(-c2ccc(-n3c4ccc5c(sc6c(O)c(O)c(O)c(O)c65)c4c4c5ccccc5c5ccccc5c43)cc2)n1. The Bertz CT molecular complexity index is 3360. The molecule has 4 N–H and O–H groups in total. The Kier molecular flexibility index (Phi) is 7.81. The molecule has 0 amide bonds. The lowest BCUT2D eigenvalue weighted by atomic mass is 9.96. The highest BCUT2D eigenvalue weighted by Crippen LogP contribution is 2.56. The summed E-state index contributed by atoms with van der Waals surface area (Å²) in [7, 11) is 0. The molecule has 0 saturated carbocycles. The van der Waals surface area contributed by atoms with Crippen LogP contribution in [0, 0.1) is 0 Å². The molecule has 0 spiro atoms. The van der Waals surface area contributed by atoms with Gasteiger partial charge in [0.2, 0.25) is 11.5 Å². The molecule has 0 saturated heterocycles. The maximum Gasteiger partial charge on any atom is 0.205 e. The molecule has 3 heterocycles. The van der Waals surface area contributed by atoms with Crippen molar-refractivity contribution in [2.24, 2.45) is 0 Å². The molecule has 0 unspecified atom stereocenters. The van der Waals surface area contributed by atoms with Crippen molar-refractivity contribution < 1.29 is 20.4 Å².